The molecular formula is C35H44FN3O5. The maximum Gasteiger partial charge on any atom is 0.305 e. The first-order valence-corrected chi connectivity index (χ1v) is 15.3. The standard InChI is InChI=1S/C35H44FN3O5/c1-21(2)15-29(39-20-25(23(4)17-31(39)40)11-14-38-12-8-13-38)35(43)37-28(19-32(41)42)27-18-26(16-24(5)34(27)36)33-22(3)9-7-10-30(33)44-6/h7,9-10,16-18,20-21,28-29H,8,11-15,19H2,1-6H3,(H,37,43)(H,41,42)/t28-,29?/m0/s1. The van der Waals surface area contributed by atoms with E-state index >= 15 is 4.39 Å². The van der Waals surface area contributed by atoms with E-state index in [-0.39, 0.29) is 17.0 Å². The Kier molecular flexibility index (Phi) is 10.6. The highest BCUT2D eigenvalue weighted by atomic mass is 19.1. The molecule has 9 heteroatoms. The second-order valence-corrected chi connectivity index (χ2v) is 12.3. The molecule has 2 atom stereocenters. The van der Waals surface area contributed by atoms with Crippen LogP contribution in [0.2, 0.25) is 0 Å². The molecule has 1 unspecified atom stereocenters. The van der Waals surface area contributed by atoms with Gasteiger partial charge in [-0.25, -0.2) is 4.39 Å². The van der Waals surface area contributed by atoms with E-state index in [1.807, 2.05) is 45.9 Å². The second-order valence-electron chi connectivity index (χ2n) is 12.3. The minimum atomic E-state index is -1.19. The highest BCUT2D eigenvalue weighted by Gasteiger charge is 2.29. The van der Waals surface area contributed by atoms with Crippen LogP contribution in [0.3, 0.4) is 0 Å². The number of ether oxygens (including phenoxy) is 1. The maximum atomic E-state index is 15.8. The molecule has 1 aliphatic rings. The molecule has 8 nitrogen and oxygen atoms in total. The van der Waals surface area contributed by atoms with Crippen LogP contribution in [0.25, 0.3) is 11.1 Å². The van der Waals surface area contributed by atoms with Crippen LogP contribution in [-0.2, 0) is 16.0 Å². The predicted molar refractivity (Wildman–Crippen MR) is 170 cm³/mol. The van der Waals surface area contributed by atoms with Crippen molar-refractivity contribution in [1.82, 2.24) is 14.8 Å². The van der Waals surface area contributed by atoms with Crippen molar-refractivity contribution in [1.29, 1.82) is 0 Å². The fourth-order valence-corrected chi connectivity index (χ4v) is 5.93. The molecule has 0 bridgehead atoms. The van der Waals surface area contributed by atoms with Crippen LogP contribution in [0.5, 0.6) is 5.75 Å². The molecule has 1 amide bonds. The van der Waals surface area contributed by atoms with Gasteiger partial charge in [0.1, 0.15) is 17.6 Å². The smallest absolute Gasteiger partial charge is 0.305 e. The Morgan fingerprint density at radius 2 is 1.80 bits per heavy atom. The van der Waals surface area contributed by atoms with Crippen LogP contribution in [0.15, 0.2) is 47.4 Å². The number of likely N-dealkylation sites (tertiary alicyclic amines) is 1. The van der Waals surface area contributed by atoms with Gasteiger partial charge >= 0.3 is 5.97 Å². The number of carboxylic acid groups (broad SMARTS) is 1. The summed E-state index contributed by atoms with van der Waals surface area (Å²) in [6.45, 7) is 12.4. The molecule has 3 aromatic rings. The van der Waals surface area contributed by atoms with E-state index < -0.39 is 36.2 Å². The second kappa shape index (κ2) is 14.2. The number of aryl methyl sites for hydroxylation is 3. The topological polar surface area (TPSA) is 101 Å². The molecule has 2 N–H and O–H groups in total. The Balaban J connectivity index is 1.73. The Hall–Kier alpha value is -3.98. The molecule has 0 radical (unpaired) electrons. The zero-order valence-electron chi connectivity index (χ0n) is 26.6. The van der Waals surface area contributed by atoms with E-state index in [4.69, 9.17) is 4.74 Å². The largest absolute Gasteiger partial charge is 0.496 e. The van der Waals surface area contributed by atoms with E-state index in [0.29, 0.717) is 23.3 Å². The normalized spacial score (nSPS) is 14.6. The molecule has 236 valence electrons. The molecule has 0 spiro atoms. The number of carbonyl (C=O) groups is 2. The summed E-state index contributed by atoms with van der Waals surface area (Å²) in [6.07, 6.45) is 3.53. The Morgan fingerprint density at radius 3 is 2.41 bits per heavy atom. The summed E-state index contributed by atoms with van der Waals surface area (Å²) in [5.74, 6) is -1.65. The highest BCUT2D eigenvalue weighted by Crippen LogP contribution is 2.37. The molecule has 0 aliphatic carbocycles. The number of hydrogen-bond acceptors (Lipinski definition) is 5. The average Bonchev–Trinajstić information content (AvgIpc) is 2.92. The molecule has 44 heavy (non-hydrogen) atoms. The fourth-order valence-electron chi connectivity index (χ4n) is 5.93. The number of methoxy groups -OCH3 is 1. The van der Waals surface area contributed by atoms with Crippen LogP contribution in [0.4, 0.5) is 4.39 Å². The number of amides is 1. The van der Waals surface area contributed by atoms with Gasteiger partial charge in [0.15, 0.2) is 0 Å². The zero-order valence-corrected chi connectivity index (χ0v) is 26.6. The van der Waals surface area contributed by atoms with E-state index in [1.165, 1.54) is 11.0 Å². The molecule has 2 heterocycles. The number of nitrogens with zero attached hydrogens (tertiary/aromatic N) is 2. The summed E-state index contributed by atoms with van der Waals surface area (Å²) in [5.41, 5.74) is 4.25. The third kappa shape index (κ3) is 7.56. The molecule has 4 rings (SSSR count). The third-order valence-electron chi connectivity index (χ3n) is 8.47. The molecule has 0 saturated carbocycles. The molecule has 1 saturated heterocycles. The van der Waals surface area contributed by atoms with Crippen molar-refractivity contribution >= 4 is 11.9 Å². The Labute approximate surface area is 258 Å². The Morgan fingerprint density at radius 1 is 1.07 bits per heavy atom. The number of aromatic nitrogens is 1. The number of carbonyl (C=O) groups excluding carboxylic acids is 1. The lowest BCUT2D eigenvalue weighted by atomic mass is 9.92. The van der Waals surface area contributed by atoms with Gasteiger partial charge in [-0.15, -0.1) is 0 Å². The first kappa shape index (κ1) is 32.9. The first-order valence-electron chi connectivity index (χ1n) is 15.3. The van der Waals surface area contributed by atoms with Gasteiger partial charge in [0.05, 0.1) is 19.6 Å². The summed E-state index contributed by atoms with van der Waals surface area (Å²) >= 11 is 0. The number of aliphatic carboxylic acids is 1. The van der Waals surface area contributed by atoms with Crippen LogP contribution >= 0.6 is 0 Å². The van der Waals surface area contributed by atoms with E-state index in [1.54, 1.807) is 38.4 Å². The average molecular weight is 606 g/mol. The predicted octanol–water partition coefficient (Wildman–Crippen LogP) is 5.76. The number of carboxylic acids is 1. The lowest BCUT2D eigenvalue weighted by Gasteiger charge is -2.31. The summed E-state index contributed by atoms with van der Waals surface area (Å²) in [7, 11) is 1.56. The molecule has 1 fully saturated rings. The molecule has 1 aliphatic heterocycles. The van der Waals surface area contributed by atoms with Gasteiger partial charge in [-0.05, 0) is 105 Å². The van der Waals surface area contributed by atoms with Crippen LogP contribution in [0, 0.1) is 32.5 Å². The van der Waals surface area contributed by atoms with Gasteiger partial charge in [-0.3, -0.25) is 14.4 Å². The lowest BCUT2D eigenvalue weighted by molar-refractivity contribution is -0.138. The number of rotatable bonds is 13. The molecular weight excluding hydrogens is 561 g/mol. The van der Waals surface area contributed by atoms with Crippen LogP contribution < -0.4 is 15.6 Å². The van der Waals surface area contributed by atoms with Crippen molar-refractivity contribution in [3.8, 4) is 16.9 Å². The maximum absolute atomic E-state index is 15.8. The van der Waals surface area contributed by atoms with Crippen molar-refractivity contribution < 1.29 is 23.8 Å². The van der Waals surface area contributed by atoms with Crippen LogP contribution in [0.1, 0.15) is 73.0 Å². The van der Waals surface area contributed by atoms with Crippen molar-refractivity contribution in [3.63, 3.8) is 0 Å². The number of benzene rings is 2. The van der Waals surface area contributed by atoms with Gasteiger partial charge < -0.3 is 24.6 Å². The summed E-state index contributed by atoms with van der Waals surface area (Å²) in [6, 6.07) is 8.36. The third-order valence-corrected chi connectivity index (χ3v) is 8.47. The number of hydrogen-bond donors (Lipinski definition) is 2. The van der Waals surface area contributed by atoms with Gasteiger partial charge in [-0.1, -0.05) is 26.0 Å². The van der Waals surface area contributed by atoms with E-state index in [2.05, 4.69) is 10.2 Å². The summed E-state index contributed by atoms with van der Waals surface area (Å²) in [4.78, 5) is 41.6. The number of pyridine rings is 1. The SMILES string of the molecule is COc1cccc(C)c1-c1cc(C)c(F)c([C@H](CC(=O)O)NC(=O)C(CC(C)C)n2cc(CCN3CCC3)c(C)cc2=O)c1. The van der Waals surface area contributed by atoms with Crippen molar-refractivity contribution in [2.75, 3.05) is 26.7 Å². The van der Waals surface area contributed by atoms with Crippen molar-refractivity contribution in [2.24, 2.45) is 5.92 Å². The van der Waals surface area contributed by atoms with E-state index in [9.17, 15) is 19.5 Å². The van der Waals surface area contributed by atoms with Gasteiger partial charge in [-0.2, -0.15) is 0 Å². The highest BCUT2D eigenvalue weighted by molar-refractivity contribution is 5.82. The molecule has 2 aromatic carbocycles. The number of nitrogens with one attached hydrogen (secondary N) is 1. The van der Waals surface area contributed by atoms with Gasteiger partial charge in [0.25, 0.3) is 5.56 Å². The first-order chi connectivity index (χ1) is 20.9. The minimum Gasteiger partial charge on any atom is -0.496 e. The lowest BCUT2D eigenvalue weighted by Crippen LogP contribution is -2.41. The number of halogens is 1. The van der Waals surface area contributed by atoms with Gasteiger partial charge in [0.2, 0.25) is 5.91 Å². The summed E-state index contributed by atoms with van der Waals surface area (Å²) in [5, 5.41) is 12.6. The minimum absolute atomic E-state index is 0.0530. The van der Waals surface area contributed by atoms with Gasteiger partial charge in [0, 0.05) is 29.9 Å². The quantitative estimate of drug-likeness (QED) is 0.257. The fraction of sp³-hybridized carbons (Fsp3) is 0.457. The van der Waals surface area contributed by atoms with E-state index in [0.717, 1.165) is 48.3 Å². The monoisotopic (exact) mass is 605 g/mol. The van der Waals surface area contributed by atoms with Crippen LogP contribution in [-0.4, -0.2) is 53.2 Å². The van der Waals surface area contributed by atoms with Crippen molar-refractivity contribution in [2.45, 2.75) is 72.4 Å². The molecule has 1 aromatic heterocycles. The Bertz CT molecular complexity index is 1580. The van der Waals surface area contributed by atoms with Crippen molar-refractivity contribution in [3.05, 3.63) is 86.6 Å². The zero-order chi connectivity index (χ0) is 32.1. The summed E-state index contributed by atoms with van der Waals surface area (Å²) < 4.78 is 22.8.